The fraction of sp³-hybridized carbons (Fsp3) is 0.250. The van der Waals surface area contributed by atoms with Crippen molar-refractivity contribution in [3.63, 3.8) is 0 Å². The summed E-state index contributed by atoms with van der Waals surface area (Å²) in [6.07, 6.45) is 0.930. The molecule has 1 aliphatic rings. The highest BCUT2D eigenvalue weighted by Gasteiger charge is 2.18. The van der Waals surface area contributed by atoms with Crippen molar-refractivity contribution in [2.24, 2.45) is 0 Å². The van der Waals surface area contributed by atoms with Crippen LogP contribution >= 0.6 is 0 Å². The molecule has 0 saturated heterocycles. The van der Waals surface area contributed by atoms with Crippen LogP contribution in [0.4, 0.5) is 8.78 Å². The van der Waals surface area contributed by atoms with Gasteiger partial charge in [-0.05, 0) is 42.1 Å². The first-order valence-electron chi connectivity index (χ1n) is 6.45. The van der Waals surface area contributed by atoms with E-state index in [9.17, 15) is 8.78 Å². The number of rotatable bonds is 1. The van der Waals surface area contributed by atoms with Gasteiger partial charge in [0, 0.05) is 12.1 Å². The van der Waals surface area contributed by atoms with Crippen molar-refractivity contribution < 1.29 is 8.78 Å². The monoisotopic (exact) mass is 259 g/mol. The summed E-state index contributed by atoms with van der Waals surface area (Å²) in [5.41, 5.74) is 3.78. The molecular weight excluding hydrogens is 244 g/mol. The quantitative estimate of drug-likeness (QED) is 0.825. The average molecular weight is 259 g/mol. The number of nitrogens with one attached hydrogen (secondary N) is 1. The van der Waals surface area contributed by atoms with Crippen molar-refractivity contribution in [1.29, 1.82) is 0 Å². The second kappa shape index (κ2) is 4.74. The molecule has 0 unspecified atom stereocenters. The molecule has 0 atom stereocenters. The van der Waals surface area contributed by atoms with E-state index in [0.717, 1.165) is 24.1 Å². The first-order chi connectivity index (χ1) is 9.18. The molecule has 3 heteroatoms. The van der Waals surface area contributed by atoms with Gasteiger partial charge in [0.05, 0.1) is 0 Å². The number of hydrogen-bond donors (Lipinski definition) is 1. The zero-order valence-corrected chi connectivity index (χ0v) is 10.8. The van der Waals surface area contributed by atoms with Crippen LogP contribution in [0.2, 0.25) is 0 Å². The Morgan fingerprint density at radius 1 is 1.00 bits per heavy atom. The Morgan fingerprint density at radius 3 is 2.68 bits per heavy atom. The van der Waals surface area contributed by atoms with Crippen LogP contribution < -0.4 is 5.32 Å². The molecule has 0 spiro atoms. The van der Waals surface area contributed by atoms with E-state index in [4.69, 9.17) is 0 Å². The lowest BCUT2D eigenvalue weighted by molar-refractivity contribution is 0.505. The summed E-state index contributed by atoms with van der Waals surface area (Å²) in [7, 11) is 0. The topological polar surface area (TPSA) is 12.0 Å². The first-order valence-corrected chi connectivity index (χ1v) is 6.45. The highest BCUT2D eigenvalue weighted by molar-refractivity contribution is 5.70. The van der Waals surface area contributed by atoms with Gasteiger partial charge in [-0.3, -0.25) is 0 Å². The SMILES string of the molecule is Cc1ccc(-c2cccc3c2CNCC3)c(F)c1F. The van der Waals surface area contributed by atoms with Gasteiger partial charge >= 0.3 is 0 Å². The predicted molar refractivity (Wildman–Crippen MR) is 71.9 cm³/mol. The summed E-state index contributed by atoms with van der Waals surface area (Å²) in [6.45, 7) is 3.21. The summed E-state index contributed by atoms with van der Waals surface area (Å²) in [5.74, 6) is -1.50. The van der Waals surface area contributed by atoms with Crippen molar-refractivity contribution in [3.05, 3.63) is 58.7 Å². The third-order valence-corrected chi connectivity index (χ3v) is 3.71. The zero-order valence-electron chi connectivity index (χ0n) is 10.8. The molecule has 0 aliphatic carbocycles. The average Bonchev–Trinajstić information content (AvgIpc) is 2.45. The summed E-state index contributed by atoms with van der Waals surface area (Å²) in [6, 6.07) is 9.12. The minimum Gasteiger partial charge on any atom is -0.312 e. The number of hydrogen-bond acceptors (Lipinski definition) is 1. The van der Waals surface area contributed by atoms with E-state index in [2.05, 4.69) is 11.4 Å². The van der Waals surface area contributed by atoms with Crippen LogP contribution in [-0.4, -0.2) is 6.54 Å². The molecule has 0 aromatic heterocycles. The fourth-order valence-electron chi connectivity index (χ4n) is 2.62. The van der Waals surface area contributed by atoms with Gasteiger partial charge in [-0.2, -0.15) is 0 Å². The number of benzene rings is 2. The molecule has 1 nitrogen and oxygen atoms in total. The number of halogens is 2. The molecule has 0 radical (unpaired) electrons. The number of fused-ring (bicyclic) bond motifs is 1. The molecule has 3 rings (SSSR count). The predicted octanol–water partition coefficient (Wildman–Crippen LogP) is 3.59. The fourth-order valence-corrected chi connectivity index (χ4v) is 2.62. The lowest BCUT2D eigenvalue weighted by Gasteiger charge is -2.21. The van der Waals surface area contributed by atoms with Gasteiger partial charge < -0.3 is 5.32 Å². The second-order valence-electron chi connectivity index (χ2n) is 4.93. The smallest absolute Gasteiger partial charge is 0.166 e. The van der Waals surface area contributed by atoms with E-state index in [0.29, 0.717) is 17.7 Å². The van der Waals surface area contributed by atoms with Gasteiger partial charge in [-0.1, -0.05) is 30.3 Å². The highest BCUT2D eigenvalue weighted by Crippen LogP contribution is 2.31. The lowest BCUT2D eigenvalue weighted by atomic mass is 9.91. The molecule has 0 amide bonds. The van der Waals surface area contributed by atoms with Crippen LogP contribution in [-0.2, 0) is 13.0 Å². The van der Waals surface area contributed by atoms with Crippen molar-refractivity contribution >= 4 is 0 Å². The number of aryl methyl sites for hydroxylation is 1. The molecule has 1 heterocycles. The molecule has 0 saturated carbocycles. The van der Waals surface area contributed by atoms with Gasteiger partial charge in [-0.25, -0.2) is 8.78 Å². The standard InChI is InChI=1S/C16H15F2N/c1-10-5-6-13(16(18)15(10)17)12-4-2-3-11-7-8-19-9-14(11)12/h2-6,19H,7-9H2,1H3. The van der Waals surface area contributed by atoms with E-state index < -0.39 is 11.6 Å². The molecule has 1 aliphatic heterocycles. The molecule has 2 aromatic rings. The van der Waals surface area contributed by atoms with Crippen LogP contribution in [0.1, 0.15) is 16.7 Å². The Bertz CT molecular complexity index is 635. The Hall–Kier alpha value is -1.74. The maximum Gasteiger partial charge on any atom is 0.166 e. The van der Waals surface area contributed by atoms with Gasteiger partial charge in [0.2, 0.25) is 0 Å². The minimum absolute atomic E-state index is 0.337. The van der Waals surface area contributed by atoms with E-state index in [1.165, 1.54) is 5.56 Å². The van der Waals surface area contributed by atoms with Gasteiger partial charge in [0.25, 0.3) is 0 Å². The maximum absolute atomic E-state index is 14.1. The summed E-state index contributed by atoms with van der Waals surface area (Å²) in [4.78, 5) is 0. The molecule has 0 bridgehead atoms. The summed E-state index contributed by atoms with van der Waals surface area (Å²) >= 11 is 0. The zero-order chi connectivity index (χ0) is 13.4. The van der Waals surface area contributed by atoms with Crippen molar-refractivity contribution in [2.45, 2.75) is 19.9 Å². The van der Waals surface area contributed by atoms with Crippen LogP contribution in [0.15, 0.2) is 30.3 Å². The molecular formula is C16H15F2N. The van der Waals surface area contributed by atoms with E-state index >= 15 is 0 Å². The van der Waals surface area contributed by atoms with Gasteiger partial charge in [-0.15, -0.1) is 0 Å². The van der Waals surface area contributed by atoms with Gasteiger partial charge in [0.1, 0.15) is 0 Å². The molecule has 1 N–H and O–H groups in total. The third kappa shape index (κ3) is 2.04. The first kappa shape index (κ1) is 12.3. The Morgan fingerprint density at radius 2 is 1.84 bits per heavy atom. The van der Waals surface area contributed by atoms with Crippen LogP contribution in [0.25, 0.3) is 11.1 Å². The Kier molecular flexibility index (Phi) is 3.07. The highest BCUT2D eigenvalue weighted by atomic mass is 19.2. The van der Waals surface area contributed by atoms with Crippen LogP contribution in [0.5, 0.6) is 0 Å². The molecule has 2 aromatic carbocycles. The van der Waals surface area contributed by atoms with Crippen molar-refractivity contribution in [3.8, 4) is 11.1 Å². The van der Waals surface area contributed by atoms with E-state index in [1.54, 1.807) is 19.1 Å². The summed E-state index contributed by atoms with van der Waals surface area (Å²) in [5, 5.41) is 3.28. The van der Waals surface area contributed by atoms with Crippen molar-refractivity contribution in [1.82, 2.24) is 5.32 Å². The minimum atomic E-state index is -0.751. The Balaban J connectivity index is 2.20. The van der Waals surface area contributed by atoms with E-state index in [1.807, 2.05) is 12.1 Å². The molecule has 0 fully saturated rings. The summed E-state index contributed by atoms with van der Waals surface area (Å²) < 4.78 is 27.8. The van der Waals surface area contributed by atoms with Crippen molar-refractivity contribution in [2.75, 3.05) is 6.54 Å². The lowest BCUT2D eigenvalue weighted by Crippen LogP contribution is -2.24. The largest absolute Gasteiger partial charge is 0.312 e. The van der Waals surface area contributed by atoms with Crippen LogP contribution in [0.3, 0.4) is 0 Å². The van der Waals surface area contributed by atoms with Crippen LogP contribution in [0, 0.1) is 18.6 Å². The molecule has 19 heavy (non-hydrogen) atoms. The van der Waals surface area contributed by atoms with Gasteiger partial charge in [0.15, 0.2) is 11.6 Å². The second-order valence-corrected chi connectivity index (χ2v) is 4.93. The normalized spacial score (nSPS) is 14.3. The maximum atomic E-state index is 14.1. The van der Waals surface area contributed by atoms with E-state index in [-0.39, 0.29) is 0 Å². The third-order valence-electron chi connectivity index (χ3n) is 3.71. The molecule has 98 valence electrons. The Labute approximate surface area is 111 Å².